The summed E-state index contributed by atoms with van der Waals surface area (Å²) in [4.78, 5) is 22.6. The van der Waals surface area contributed by atoms with Crippen molar-refractivity contribution < 1.29 is 24.5 Å². The molecule has 1 heterocycles. The highest BCUT2D eigenvalue weighted by atomic mass is 32.1. The number of aliphatic hydroxyl groups is 1. The average molecular weight is 287 g/mol. The SMILES string of the molecule is CC(C)(C)OC(=O)NC[C@@](O)(C(=O)O)c1ccsc1. The molecule has 0 radical (unpaired) electrons. The van der Waals surface area contributed by atoms with Gasteiger partial charge in [-0.2, -0.15) is 11.3 Å². The lowest BCUT2D eigenvalue weighted by atomic mass is 9.97. The number of nitrogens with one attached hydrogen (secondary N) is 1. The Morgan fingerprint density at radius 1 is 1.42 bits per heavy atom. The van der Waals surface area contributed by atoms with Gasteiger partial charge in [-0.3, -0.25) is 0 Å². The van der Waals surface area contributed by atoms with Crippen molar-refractivity contribution >= 4 is 23.4 Å². The summed E-state index contributed by atoms with van der Waals surface area (Å²) in [5.41, 5.74) is -2.62. The fourth-order valence-electron chi connectivity index (χ4n) is 1.32. The Hall–Kier alpha value is -1.60. The fourth-order valence-corrected chi connectivity index (χ4v) is 2.04. The second kappa shape index (κ2) is 5.58. The molecule has 6 nitrogen and oxygen atoms in total. The summed E-state index contributed by atoms with van der Waals surface area (Å²) < 4.78 is 4.98. The van der Waals surface area contributed by atoms with Crippen LogP contribution in [0, 0.1) is 0 Å². The van der Waals surface area contributed by atoms with Crippen LogP contribution in [-0.2, 0) is 15.1 Å². The van der Waals surface area contributed by atoms with Crippen LogP contribution in [0.4, 0.5) is 4.79 Å². The maximum atomic E-state index is 11.5. The second-order valence-corrected chi connectivity index (χ2v) is 5.81. The van der Waals surface area contributed by atoms with E-state index in [9.17, 15) is 14.7 Å². The van der Waals surface area contributed by atoms with Crippen molar-refractivity contribution in [2.75, 3.05) is 6.54 Å². The van der Waals surface area contributed by atoms with Crippen LogP contribution in [0.3, 0.4) is 0 Å². The molecule has 0 fully saturated rings. The number of carboxylic acid groups (broad SMARTS) is 1. The molecule has 0 aliphatic carbocycles. The van der Waals surface area contributed by atoms with Gasteiger partial charge in [-0.25, -0.2) is 9.59 Å². The van der Waals surface area contributed by atoms with Gasteiger partial charge < -0.3 is 20.3 Å². The Balaban J connectivity index is 2.72. The van der Waals surface area contributed by atoms with E-state index in [1.54, 1.807) is 26.2 Å². The van der Waals surface area contributed by atoms with Crippen LogP contribution < -0.4 is 5.32 Å². The minimum atomic E-state index is -2.16. The first-order valence-electron chi connectivity index (χ1n) is 5.60. The Kier molecular flexibility index (Phi) is 4.54. The van der Waals surface area contributed by atoms with Crippen molar-refractivity contribution in [2.24, 2.45) is 0 Å². The molecule has 19 heavy (non-hydrogen) atoms. The molecule has 1 atom stereocenters. The molecule has 0 aromatic carbocycles. The van der Waals surface area contributed by atoms with E-state index in [-0.39, 0.29) is 5.56 Å². The van der Waals surface area contributed by atoms with Gasteiger partial charge in [0.05, 0.1) is 6.54 Å². The molecule has 0 saturated heterocycles. The molecule has 0 aliphatic rings. The molecule has 0 unspecified atom stereocenters. The van der Waals surface area contributed by atoms with Crippen molar-refractivity contribution in [3.8, 4) is 0 Å². The molecule has 106 valence electrons. The van der Waals surface area contributed by atoms with Gasteiger partial charge in [0.1, 0.15) is 5.60 Å². The zero-order chi connectivity index (χ0) is 14.7. The average Bonchev–Trinajstić information content (AvgIpc) is 2.76. The van der Waals surface area contributed by atoms with Crippen molar-refractivity contribution in [3.05, 3.63) is 22.4 Å². The van der Waals surface area contributed by atoms with E-state index >= 15 is 0 Å². The third-order valence-corrected chi connectivity index (χ3v) is 2.92. The van der Waals surface area contributed by atoms with E-state index in [2.05, 4.69) is 5.32 Å². The zero-order valence-electron chi connectivity index (χ0n) is 11.0. The van der Waals surface area contributed by atoms with E-state index in [1.807, 2.05) is 0 Å². The Morgan fingerprint density at radius 3 is 2.47 bits per heavy atom. The molecule has 1 amide bonds. The smallest absolute Gasteiger partial charge is 0.407 e. The molecule has 1 aromatic rings. The van der Waals surface area contributed by atoms with Crippen molar-refractivity contribution in [2.45, 2.75) is 32.0 Å². The number of ether oxygens (including phenoxy) is 1. The summed E-state index contributed by atoms with van der Waals surface area (Å²) in [5.74, 6) is -1.43. The van der Waals surface area contributed by atoms with E-state index in [4.69, 9.17) is 9.84 Å². The monoisotopic (exact) mass is 287 g/mol. The van der Waals surface area contributed by atoms with E-state index in [0.717, 1.165) is 0 Å². The molecule has 0 bridgehead atoms. The summed E-state index contributed by atoms with van der Waals surface area (Å²) in [6.07, 6.45) is -0.776. The maximum absolute atomic E-state index is 11.5. The highest BCUT2D eigenvalue weighted by molar-refractivity contribution is 7.08. The van der Waals surface area contributed by atoms with Gasteiger partial charge >= 0.3 is 12.1 Å². The first-order chi connectivity index (χ1) is 8.65. The van der Waals surface area contributed by atoms with Crippen molar-refractivity contribution in [1.29, 1.82) is 0 Å². The molecule has 3 N–H and O–H groups in total. The first-order valence-corrected chi connectivity index (χ1v) is 6.55. The van der Waals surface area contributed by atoms with Crippen LogP contribution >= 0.6 is 11.3 Å². The second-order valence-electron chi connectivity index (χ2n) is 5.03. The first kappa shape index (κ1) is 15.5. The number of carboxylic acids is 1. The molecular weight excluding hydrogens is 270 g/mol. The lowest BCUT2D eigenvalue weighted by molar-refractivity contribution is -0.159. The molecule has 1 aromatic heterocycles. The van der Waals surface area contributed by atoms with E-state index in [0.29, 0.717) is 0 Å². The van der Waals surface area contributed by atoms with Crippen molar-refractivity contribution in [1.82, 2.24) is 5.32 Å². The highest BCUT2D eigenvalue weighted by Crippen LogP contribution is 2.23. The largest absolute Gasteiger partial charge is 0.479 e. The molecule has 0 aliphatic heterocycles. The van der Waals surface area contributed by atoms with Crippen LogP contribution in [0.2, 0.25) is 0 Å². The van der Waals surface area contributed by atoms with Gasteiger partial charge in [0.25, 0.3) is 0 Å². The normalized spacial score (nSPS) is 14.5. The summed E-state index contributed by atoms with van der Waals surface area (Å²) in [7, 11) is 0. The van der Waals surface area contributed by atoms with Gasteiger partial charge in [-0.1, -0.05) is 0 Å². The third-order valence-electron chi connectivity index (χ3n) is 2.24. The fraction of sp³-hybridized carbons (Fsp3) is 0.500. The van der Waals surface area contributed by atoms with Gasteiger partial charge in [-0.05, 0) is 37.6 Å². The molecule has 1 rings (SSSR count). The zero-order valence-corrected chi connectivity index (χ0v) is 11.8. The lowest BCUT2D eigenvalue weighted by Gasteiger charge is -2.25. The quantitative estimate of drug-likeness (QED) is 0.780. The number of hydrogen-bond donors (Lipinski definition) is 3. The number of alkyl carbamates (subject to hydrolysis) is 1. The van der Waals surface area contributed by atoms with Gasteiger partial charge in [-0.15, -0.1) is 0 Å². The Morgan fingerprint density at radius 2 is 2.05 bits per heavy atom. The van der Waals surface area contributed by atoms with Gasteiger partial charge in [0.2, 0.25) is 5.60 Å². The van der Waals surface area contributed by atoms with Crippen LogP contribution in [0.15, 0.2) is 16.8 Å². The van der Waals surface area contributed by atoms with Crippen LogP contribution in [0.1, 0.15) is 26.3 Å². The Labute approximate surface area is 115 Å². The van der Waals surface area contributed by atoms with Gasteiger partial charge in [0.15, 0.2) is 0 Å². The van der Waals surface area contributed by atoms with Crippen LogP contribution in [0.25, 0.3) is 0 Å². The predicted octanol–water partition coefficient (Wildman–Crippen LogP) is 1.54. The Bertz CT molecular complexity index is 451. The number of hydrogen-bond acceptors (Lipinski definition) is 5. The number of carbonyl (C=O) groups is 2. The van der Waals surface area contributed by atoms with Crippen molar-refractivity contribution in [3.63, 3.8) is 0 Å². The van der Waals surface area contributed by atoms with Crippen LogP contribution in [-0.4, -0.2) is 34.4 Å². The standard InChI is InChI=1S/C12H17NO5S/c1-11(2,3)18-10(16)13-7-12(17,9(14)15)8-4-5-19-6-8/h4-6,17H,7H2,1-3H3,(H,13,16)(H,14,15)/t12-/m0/s1. The minimum absolute atomic E-state index is 0.223. The van der Waals surface area contributed by atoms with Gasteiger partial charge in [0, 0.05) is 5.56 Å². The van der Waals surface area contributed by atoms with E-state index < -0.39 is 29.8 Å². The molecule has 7 heteroatoms. The summed E-state index contributed by atoms with van der Waals surface area (Å²) in [6, 6.07) is 1.50. The summed E-state index contributed by atoms with van der Waals surface area (Å²) >= 11 is 1.26. The summed E-state index contributed by atoms with van der Waals surface area (Å²) in [5, 5.41) is 24.7. The summed E-state index contributed by atoms with van der Waals surface area (Å²) in [6.45, 7) is 4.60. The lowest BCUT2D eigenvalue weighted by Crippen LogP contribution is -2.47. The topological polar surface area (TPSA) is 95.9 Å². The number of thiophene rings is 1. The molecular formula is C12H17NO5S. The highest BCUT2D eigenvalue weighted by Gasteiger charge is 2.39. The van der Waals surface area contributed by atoms with Crippen LogP contribution in [0.5, 0.6) is 0 Å². The predicted molar refractivity (Wildman–Crippen MR) is 70.1 cm³/mol. The van der Waals surface area contributed by atoms with E-state index in [1.165, 1.54) is 22.8 Å². The number of amides is 1. The number of carbonyl (C=O) groups excluding carboxylic acids is 1. The molecule has 0 spiro atoms. The number of aliphatic carboxylic acids is 1. The third kappa shape index (κ3) is 4.22. The maximum Gasteiger partial charge on any atom is 0.407 e. The molecule has 0 saturated carbocycles. The minimum Gasteiger partial charge on any atom is -0.479 e. The number of rotatable bonds is 4.